The molecule has 0 N–H and O–H groups in total. The van der Waals surface area contributed by atoms with Gasteiger partial charge in [-0.3, -0.25) is 0 Å². The molecular formula is C31H22O3. The van der Waals surface area contributed by atoms with Crippen LogP contribution in [0, 0.1) is 24.2 Å². The van der Waals surface area contributed by atoms with Crippen molar-refractivity contribution in [2.24, 2.45) is 0 Å². The molecule has 4 aromatic carbocycles. The van der Waals surface area contributed by atoms with Crippen molar-refractivity contribution in [1.82, 2.24) is 0 Å². The molecule has 4 aromatic rings. The van der Waals surface area contributed by atoms with Gasteiger partial charge in [0.1, 0.15) is 5.75 Å². The van der Waals surface area contributed by atoms with Gasteiger partial charge in [0.25, 0.3) is 0 Å². The zero-order chi connectivity index (χ0) is 23.9. The van der Waals surface area contributed by atoms with Gasteiger partial charge in [0.15, 0.2) is 0 Å². The third kappa shape index (κ3) is 5.18. The minimum atomic E-state index is -0.352. The molecule has 0 bridgehead atoms. The summed E-state index contributed by atoms with van der Waals surface area (Å²) in [6, 6.07) is 29.0. The smallest absolute Gasteiger partial charge is 0.337 e. The van der Waals surface area contributed by atoms with Gasteiger partial charge in [-0.25, -0.2) is 4.79 Å². The van der Waals surface area contributed by atoms with Gasteiger partial charge < -0.3 is 9.47 Å². The van der Waals surface area contributed by atoms with E-state index in [1.54, 1.807) is 19.2 Å². The van der Waals surface area contributed by atoms with Crippen LogP contribution in [-0.2, 0) is 4.74 Å². The van der Waals surface area contributed by atoms with Crippen LogP contribution in [0.25, 0.3) is 22.3 Å². The molecule has 4 rings (SSSR count). The molecule has 0 unspecified atom stereocenters. The van der Waals surface area contributed by atoms with Crippen molar-refractivity contribution in [1.29, 1.82) is 0 Å². The van der Waals surface area contributed by atoms with Crippen molar-refractivity contribution in [3.05, 3.63) is 113 Å². The molecule has 0 atom stereocenters. The van der Waals surface area contributed by atoms with Crippen LogP contribution >= 0.6 is 0 Å². The van der Waals surface area contributed by atoms with E-state index < -0.39 is 0 Å². The van der Waals surface area contributed by atoms with Gasteiger partial charge >= 0.3 is 5.97 Å². The maximum absolute atomic E-state index is 11.7. The van der Waals surface area contributed by atoms with Crippen molar-refractivity contribution >= 4 is 5.97 Å². The Hall–Kier alpha value is -4.73. The molecule has 0 fully saturated rings. The Morgan fingerprint density at radius 2 is 1.29 bits per heavy atom. The van der Waals surface area contributed by atoms with Gasteiger partial charge in [-0.15, -0.1) is 6.42 Å². The highest BCUT2D eigenvalue weighted by Crippen LogP contribution is 2.25. The molecule has 0 aromatic heterocycles. The number of benzene rings is 4. The van der Waals surface area contributed by atoms with E-state index in [4.69, 9.17) is 15.9 Å². The molecule has 0 saturated heterocycles. The van der Waals surface area contributed by atoms with Crippen LogP contribution in [-0.4, -0.2) is 20.2 Å². The van der Waals surface area contributed by atoms with E-state index in [1.165, 1.54) is 7.11 Å². The molecule has 0 heterocycles. The normalized spacial score (nSPS) is 9.91. The highest BCUT2D eigenvalue weighted by molar-refractivity contribution is 5.90. The fourth-order valence-corrected chi connectivity index (χ4v) is 3.57. The van der Waals surface area contributed by atoms with Gasteiger partial charge in [-0.2, -0.15) is 0 Å². The van der Waals surface area contributed by atoms with E-state index in [0.717, 1.165) is 44.7 Å². The second-order valence-corrected chi connectivity index (χ2v) is 7.57. The SMILES string of the molecule is C#Cc1cc(C#Cc2cccc(-c3ccc(C(=O)OC)cc3)c2)cc(-c2ccc(OC)cc2)c1. The first-order chi connectivity index (χ1) is 16.6. The van der Waals surface area contributed by atoms with Crippen molar-refractivity contribution in [3.8, 4) is 52.2 Å². The Kier molecular flexibility index (Phi) is 6.78. The van der Waals surface area contributed by atoms with Gasteiger partial charge in [-0.05, 0) is 76.9 Å². The fourth-order valence-electron chi connectivity index (χ4n) is 3.57. The summed E-state index contributed by atoms with van der Waals surface area (Å²) in [4.78, 5) is 11.7. The first-order valence-electron chi connectivity index (χ1n) is 10.7. The number of rotatable bonds is 4. The van der Waals surface area contributed by atoms with Crippen LogP contribution in [0.2, 0.25) is 0 Å². The Balaban J connectivity index is 1.63. The third-order valence-electron chi connectivity index (χ3n) is 5.38. The molecule has 0 spiro atoms. The zero-order valence-corrected chi connectivity index (χ0v) is 19.0. The number of carbonyl (C=O) groups is 1. The van der Waals surface area contributed by atoms with Crippen LogP contribution in [0.3, 0.4) is 0 Å². The van der Waals surface area contributed by atoms with Crippen molar-refractivity contribution < 1.29 is 14.3 Å². The van der Waals surface area contributed by atoms with Crippen molar-refractivity contribution in [3.63, 3.8) is 0 Å². The molecule has 0 aliphatic rings. The quantitative estimate of drug-likeness (QED) is 0.279. The van der Waals surface area contributed by atoms with E-state index in [2.05, 4.69) is 17.8 Å². The molecule has 0 amide bonds. The summed E-state index contributed by atoms with van der Waals surface area (Å²) in [5.41, 5.74) is 7.06. The Morgan fingerprint density at radius 1 is 0.676 bits per heavy atom. The van der Waals surface area contributed by atoms with Crippen LogP contribution in [0.5, 0.6) is 5.75 Å². The van der Waals surface area contributed by atoms with Gasteiger partial charge in [0.2, 0.25) is 0 Å². The maximum Gasteiger partial charge on any atom is 0.337 e. The second kappa shape index (κ2) is 10.3. The highest BCUT2D eigenvalue weighted by Gasteiger charge is 2.06. The second-order valence-electron chi connectivity index (χ2n) is 7.57. The number of esters is 1. The standard InChI is InChI=1S/C31H22O3/c1-4-22-18-24(21-29(19-22)26-14-16-30(33-2)17-15-26)9-8-23-6-5-7-28(20-23)25-10-12-27(13-11-25)31(32)34-3/h1,5-7,10-21H,2-3H3. The van der Waals surface area contributed by atoms with E-state index >= 15 is 0 Å². The molecule has 3 heteroatoms. The van der Waals surface area contributed by atoms with E-state index in [9.17, 15) is 4.79 Å². The number of carbonyl (C=O) groups excluding carboxylic acids is 1. The largest absolute Gasteiger partial charge is 0.497 e. The molecule has 0 saturated carbocycles. The van der Waals surface area contributed by atoms with E-state index in [-0.39, 0.29) is 5.97 Å². The number of terminal acetylenes is 1. The number of methoxy groups -OCH3 is 2. The molecule has 34 heavy (non-hydrogen) atoms. The lowest BCUT2D eigenvalue weighted by atomic mass is 9.99. The number of hydrogen-bond acceptors (Lipinski definition) is 3. The number of hydrogen-bond donors (Lipinski definition) is 0. The zero-order valence-electron chi connectivity index (χ0n) is 19.0. The lowest BCUT2D eigenvalue weighted by Crippen LogP contribution is -2.00. The van der Waals surface area contributed by atoms with Gasteiger partial charge in [-0.1, -0.05) is 54.2 Å². The van der Waals surface area contributed by atoms with Crippen LogP contribution in [0.15, 0.2) is 91.0 Å². The monoisotopic (exact) mass is 442 g/mol. The molecule has 0 radical (unpaired) electrons. The van der Waals surface area contributed by atoms with Crippen molar-refractivity contribution in [2.45, 2.75) is 0 Å². The number of ether oxygens (including phenoxy) is 2. The Labute approximate surface area is 200 Å². The average Bonchev–Trinajstić information content (AvgIpc) is 2.91. The fraction of sp³-hybridized carbons (Fsp3) is 0.0645. The first-order valence-corrected chi connectivity index (χ1v) is 10.7. The minimum absolute atomic E-state index is 0.352. The first kappa shape index (κ1) is 22.5. The summed E-state index contributed by atoms with van der Waals surface area (Å²) in [5, 5.41) is 0. The van der Waals surface area contributed by atoms with Crippen LogP contribution in [0.1, 0.15) is 27.0 Å². The average molecular weight is 443 g/mol. The maximum atomic E-state index is 11.7. The van der Waals surface area contributed by atoms with Gasteiger partial charge in [0, 0.05) is 16.7 Å². The molecule has 164 valence electrons. The van der Waals surface area contributed by atoms with E-state index in [0.29, 0.717) is 5.56 Å². The van der Waals surface area contributed by atoms with Gasteiger partial charge in [0.05, 0.1) is 19.8 Å². The molecule has 0 aliphatic carbocycles. The summed E-state index contributed by atoms with van der Waals surface area (Å²) in [6.45, 7) is 0. The Morgan fingerprint density at radius 3 is 1.97 bits per heavy atom. The molecule has 3 nitrogen and oxygen atoms in total. The van der Waals surface area contributed by atoms with E-state index in [1.807, 2.05) is 78.9 Å². The topological polar surface area (TPSA) is 35.5 Å². The Bertz CT molecular complexity index is 1430. The predicted molar refractivity (Wildman–Crippen MR) is 136 cm³/mol. The highest BCUT2D eigenvalue weighted by atomic mass is 16.5. The molecule has 0 aliphatic heterocycles. The summed E-state index contributed by atoms with van der Waals surface area (Å²) in [6.07, 6.45) is 5.69. The summed E-state index contributed by atoms with van der Waals surface area (Å²) < 4.78 is 10.0. The van der Waals surface area contributed by atoms with Crippen molar-refractivity contribution in [2.75, 3.05) is 14.2 Å². The predicted octanol–water partition coefficient (Wildman–Crippen LogP) is 6.20. The van der Waals surface area contributed by atoms with Crippen LogP contribution in [0.4, 0.5) is 0 Å². The minimum Gasteiger partial charge on any atom is -0.497 e. The summed E-state index contributed by atoms with van der Waals surface area (Å²) in [5.74, 6) is 9.66. The lowest BCUT2D eigenvalue weighted by molar-refractivity contribution is 0.0600. The summed E-state index contributed by atoms with van der Waals surface area (Å²) in [7, 11) is 3.02. The third-order valence-corrected chi connectivity index (χ3v) is 5.38. The van der Waals surface area contributed by atoms with Crippen LogP contribution < -0.4 is 4.74 Å². The lowest BCUT2D eigenvalue weighted by Gasteiger charge is -2.06. The summed E-state index contributed by atoms with van der Waals surface area (Å²) >= 11 is 0. The molecular weight excluding hydrogens is 420 g/mol.